The first kappa shape index (κ1) is 23.3. The summed E-state index contributed by atoms with van der Waals surface area (Å²) in [6.07, 6.45) is 8.76. The van der Waals surface area contributed by atoms with Crippen molar-refractivity contribution in [3.8, 4) is 11.5 Å². The van der Waals surface area contributed by atoms with Gasteiger partial charge in [-0.25, -0.2) is 9.59 Å². The number of benzene rings is 3. The summed E-state index contributed by atoms with van der Waals surface area (Å²) in [5, 5.41) is 10.9. The van der Waals surface area contributed by atoms with Crippen LogP contribution in [-0.2, 0) is 0 Å². The SMILES string of the molecule is CCCCCCCCCOc1ccc2cc(C(=O)Oc3ccc(C(=O)O)cc3)ccc2c1. The van der Waals surface area contributed by atoms with Gasteiger partial charge in [-0.2, -0.15) is 0 Å². The summed E-state index contributed by atoms with van der Waals surface area (Å²) in [6.45, 7) is 2.94. The number of hydrogen-bond acceptors (Lipinski definition) is 4. The number of esters is 1. The highest BCUT2D eigenvalue weighted by Gasteiger charge is 2.11. The molecule has 0 aromatic heterocycles. The molecule has 0 radical (unpaired) electrons. The van der Waals surface area contributed by atoms with Gasteiger partial charge in [0, 0.05) is 0 Å². The fourth-order valence-electron chi connectivity index (χ4n) is 3.52. The summed E-state index contributed by atoms with van der Waals surface area (Å²) in [5.41, 5.74) is 0.567. The Labute approximate surface area is 189 Å². The lowest BCUT2D eigenvalue weighted by Gasteiger charge is -2.09. The molecule has 3 aromatic carbocycles. The maximum Gasteiger partial charge on any atom is 0.343 e. The van der Waals surface area contributed by atoms with E-state index in [9.17, 15) is 9.59 Å². The van der Waals surface area contributed by atoms with Crippen LogP contribution >= 0.6 is 0 Å². The van der Waals surface area contributed by atoms with Gasteiger partial charge in [0.2, 0.25) is 0 Å². The molecule has 5 heteroatoms. The minimum atomic E-state index is -1.02. The third-order valence-electron chi connectivity index (χ3n) is 5.38. The van der Waals surface area contributed by atoms with Crippen molar-refractivity contribution in [2.45, 2.75) is 51.9 Å². The Morgan fingerprint density at radius 1 is 0.719 bits per heavy atom. The Kier molecular flexibility index (Phi) is 8.67. The number of ether oxygens (including phenoxy) is 2. The van der Waals surface area contributed by atoms with E-state index in [0.29, 0.717) is 17.9 Å². The van der Waals surface area contributed by atoms with E-state index in [1.54, 1.807) is 12.1 Å². The number of fused-ring (bicyclic) bond motifs is 1. The third-order valence-corrected chi connectivity index (χ3v) is 5.38. The second-order valence-electron chi connectivity index (χ2n) is 7.91. The van der Waals surface area contributed by atoms with Gasteiger partial charge in [0.25, 0.3) is 0 Å². The normalized spacial score (nSPS) is 10.8. The van der Waals surface area contributed by atoms with Crippen LogP contribution < -0.4 is 9.47 Å². The molecule has 0 heterocycles. The molecular weight excluding hydrogens is 404 g/mol. The van der Waals surface area contributed by atoms with E-state index in [1.807, 2.05) is 24.3 Å². The lowest BCUT2D eigenvalue weighted by Crippen LogP contribution is -2.08. The smallest absolute Gasteiger partial charge is 0.343 e. The Morgan fingerprint density at radius 3 is 2.03 bits per heavy atom. The van der Waals surface area contributed by atoms with Crippen LogP contribution in [0.25, 0.3) is 10.8 Å². The standard InChI is InChI=1S/C27H30O5/c1-2-3-4-5-6-7-8-17-31-25-16-13-21-18-23(10-9-22(21)19-25)27(30)32-24-14-11-20(12-15-24)26(28)29/h9-16,18-19H,2-8,17H2,1H3,(H,28,29). The van der Waals surface area contributed by atoms with Crippen molar-refractivity contribution in [1.82, 2.24) is 0 Å². The van der Waals surface area contributed by atoms with Crippen molar-refractivity contribution in [2.24, 2.45) is 0 Å². The van der Waals surface area contributed by atoms with Crippen molar-refractivity contribution in [1.29, 1.82) is 0 Å². The van der Waals surface area contributed by atoms with Crippen molar-refractivity contribution in [2.75, 3.05) is 6.61 Å². The second kappa shape index (κ2) is 11.9. The molecule has 3 rings (SSSR count). The van der Waals surface area contributed by atoms with Gasteiger partial charge in [-0.05, 0) is 65.7 Å². The number of hydrogen-bond donors (Lipinski definition) is 1. The third kappa shape index (κ3) is 6.84. The van der Waals surface area contributed by atoms with Gasteiger partial charge in [-0.1, -0.05) is 57.6 Å². The average molecular weight is 435 g/mol. The molecule has 0 saturated heterocycles. The molecule has 0 atom stereocenters. The Balaban J connectivity index is 1.52. The molecule has 0 spiro atoms. The van der Waals surface area contributed by atoms with Crippen LogP contribution in [0.1, 0.15) is 72.6 Å². The van der Waals surface area contributed by atoms with Crippen LogP contribution in [0.4, 0.5) is 0 Å². The molecule has 0 unspecified atom stereocenters. The van der Waals surface area contributed by atoms with Gasteiger partial charge in [0.05, 0.1) is 17.7 Å². The molecule has 0 aliphatic carbocycles. The lowest BCUT2D eigenvalue weighted by atomic mass is 10.1. The van der Waals surface area contributed by atoms with Crippen molar-refractivity contribution >= 4 is 22.7 Å². The minimum absolute atomic E-state index is 0.139. The number of carbonyl (C=O) groups is 2. The van der Waals surface area contributed by atoms with E-state index in [0.717, 1.165) is 22.9 Å². The molecule has 0 bridgehead atoms. The van der Waals surface area contributed by atoms with E-state index in [4.69, 9.17) is 14.6 Å². The van der Waals surface area contributed by atoms with Gasteiger partial charge < -0.3 is 14.6 Å². The van der Waals surface area contributed by atoms with Gasteiger partial charge in [-0.15, -0.1) is 0 Å². The number of carbonyl (C=O) groups excluding carboxylic acids is 1. The van der Waals surface area contributed by atoms with Gasteiger partial charge in [0.15, 0.2) is 0 Å². The zero-order valence-corrected chi connectivity index (χ0v) is 18.5. The van der Waals surface area contributed by atoms with Crippen molar-refractivity contribution in [3.05, 3.63) is 71.8 Å². The van der Waals surface area contributed by atoms with Crippen LogP contribution in [0, 0.1) is 0 Å². The monoisotopic (exact) mass is 434 g/mol. The van der Waals surface area contributed by atoms with Crippen LogP contribution in [-0.4, -0.2) is 23.7 Å². The number of rotatable bonds is 12. The van der Waals surface area contributed by atoms with Gasteiger partial charge >= 0.3 is 11.9 Å². The fraction of sp³-hybridized carbons (Fsp3) is 0.333. The predicted octanol–water partition coefficient (Wildman–Crippen LogP) is 6.89. The lowest BCUT2D eigenvalue weighted by molar-refractivity contribution is 0.0696. The van der Waals surface area contributed by atoms with E-state index in [1.165, 1.54) is 62.8 Å². The molecule has 3 aromatic rings. The Hall–Kier alpha value is -3.34. The van der Waals surface area contributed by atoms with E-state index in [2.05, 4.69) is 6.92 Å². The molecule has 0 aliphatic heterocycles. The quantitative estimate of drug-likeness (QED) is 0.191. The average Bonchev–Trinajstić information content (AvgIpc) is 2.80. The number of unbranched alkanes of at least 4 members (excludes halogenated alkanes) is 6. The predicted molar refractivity (Wildman–Crippen MR) is 126 cm³/mol. The van der Waals surface area contributed by atoms with E-state index in [-0.39, 0.29) is 5.56 Å². The highest BCUT2D eigenvalue weighted by molar-refractivity contribution is 5.96. The Bertz CT molecular complexity index is 1040. The summed E-state index contributed by atoms with van der Waals surface area (Å²) < 4.78 is 11.2. The second-order valence-corrected chi connectivity index (χ2v) is 7.91. The molecule has 32 heavy (non-hydrogen) atoms. The molecule has 0 aliphatic rings. The summed E-state index contributed by atoms with van der Waals surface area (Å²) in [5.74, 6) is -0.385. The maximum absolute atomic E-state index is 12.5. The van der Waals surface area contributed by atoms with Crippen molar-refractivity contribution in [3.63, 3.8) is 0 Å². The fourth-order valence-corrected chi connectivity index (χ4v) is 3.52. The van der Waals surface area contributed by atoms with Gasteiger partial charge in [0.1, 0.15) is 11.5 Å². The summed E-state index contributed by atoms with van der Waals surface area (Å²) in [4.78, 5) is 23.4. The summed E-state index contributed by atoms with van der Waals surface area (Å²) in [6, 6.07) is 17.0. The van der Waals surface area contributed by atoms with Crippen LogP contribution in [0.5, 0.6) is 11.5 Å². The largest absolute Gasteiger partial charge is 0.494 e. The molecule has 5 nitrogen and oxygen atoms in total. The van der Waals surface area contributed by atoms with E-state index < -0.39 is 11.9 Å². The molecule has 0 saturated carbocycles. The first-order valence-corrected chi connectivity index (χ1v) is 11.3. The van der Waals surface area contributed by atoms with Crippen molar-refractivity contribution < 1.29 is 24.2 Å². The van der Waals surface area contributed by atoms with Crippen LogP contribution in [0.2, 0.25) is 0 Å². The zero-order valence-electron chi connectivity index (χ0n) is 18.5. The van der Waals surface area contributed by atoms with E-state index >= 15 is 0 Å². The maximum atomic E-state index is 12.5. The van der Waals surface area contributed by atoms with Gasteiger partial charge in [-0.3, -0.25) is 0 Å². The van der Waals surface area contributed by atoms with Crippen LogP contribution in [0.15, 0.2) is 60.7 Å². The number of aromatic carboxylic acids is 1. The molecule has 1 N–H and O–H groups in total. The molecule has 0 amide bonds. The van der Waals surface area contributed by atoms with Crippen LogP contribution in [0.3, 0.4) is 0 Å². The molecule has 168 valence electrons. The highest BCUT2D eigenvalue weighted by atomic mass is 16.5. The molecule has 0 fully saturated rings. The minimum Gasteiger partial charge on any atom is -0.494 e. The number of carboxylic acid groups (broad SMARTS) is 1. The summed E-state index contributed by atoms with van der Waals surface area (Å²) in [7, 11) is 0. The topological polar surface area (TPSA) is 72.8 Å². The molecular formula is C27H30O5. The Morgan fingerprint density at radius 2 is 1.31 bits per heavy atom. The summed E-state index contributed by atoms with van der Waals surface area (Å²) >= 11 is 0. The number of carboxylic acids is 1. The highest BCUT2D eigenvalue weighted by Crippen LogP contribution is 2.23. The first-order valence-electron chi connectivity index (χ1n) is 11.3. The zero-order chi connectivity index (χ0) is 22.8. The first-order chi connectivity index (χ1) is 15.6.